The number of aryl methyl sites for hydroxylation is 1. The molecule has 142 valence electrons. The van der Waals surface area contributed by atoms with Gasteiger partial charge in [0, 0.05) is 12.2 Å². The van der Waals surface area contributed by atoms with Crippen molar-refractivity contribution in [1.82, 2.24) is 14.5 Å². The minimum atomic E-state index is 0.329. The second-order valence-electron chi connectivity index (χ2n) is 7.17. The molecule has 1 N–H and O–H groups in total. The molecule has 0 amide bonds. The fourth-order valence-electron chi connectivity index (χ4n) is 3.20. The number of rotatable bonds is 6. The first kappa shape index (κ1) is 18.9. The molecule has 0 saturated heterocycles. The Morgan fingerprint density at radius 2 is 1.96 bits per heavy atom. The van der Waals surface area contributed by atoms with Crippen LogP contribution in [0.15, 0.2) is 29.3 Å². The first-order valence-electron chi connectivity index (χ1n) is 9.13. The number of hydrogen-bond acceptors (Lipinski definition) is 4. The molecular formula is C21H26N4O2. The van der Waals surface area contributed by atoms with Gasteiger partial charge in [0.2, 0.25) is 0 Å². The number of carbonyl (C=O) groups excluding carboxylic acids is 1. The van der Waals surface area contributed by atoms with Gasteiger partial charge in [-0.05, 0) is 43.0 Å². The van der Waals surface area contributed by atoms with Gasteiger partial charge in [0.1, 0.15) is 11.3 Å². The Balaban J connectivity index is 2.18. The lowest BCUT2D eigenvalue weighted by atomic mass is 10.1. The molecule has 2 heterocycles. The third-order valence-corrected chi connectivity index (χ3v) is 4.73. The van der Waals surface area contributed by atoms with E-state index >= 15 is 0 Å². The second-order valence-corrected chi connectivity index (χ2v) is 7.17. The van der Waals surface area contributed by atoms with E-state index in [2.05, 4.69) is 35.3 Å². The molecule has 27 heavy (non-hydrogen) atoms. The largest absolute Gasteiger partial charge is 0.497 e. The number of nitrogens with one attached hydrogen (secondary N) is 1. The fourth-order valence-corrected chi connectivity index (χ4v) is 3.20. The maximum Gasteiger partial charge on any atom is 0.185 e. The quantitative estimate of drug-likeness (QED) is 0.678. The van der Waals surface area contributed by atoms with E-state index in [4.69, 9.17) is 9.73 Å². The predicted molar refractivity (Wildman–Crippen MR) is 106 cm³/mol. The molecule has 3 aromatic rings. The summed E-state index contributed by atoms with van der Waals surface area (Å²) in [4.78, 5) is 23.7. The van der Waals surface area contributed by atoms with E-state index in [9.17, 15) is 4.79 Å². The summed E-state index contributed by atoms with van der Waals surface area (Å²) in [6.45, 7) is 9.87. The number of fused-ring (bicyclic) bond motifs is 1. The minimum Gasteiger partial charge on any atom is -0.497 e. The number of benzene rings is 1. The molecule has 6 heteroatoms. The van der Waals surface area contributed by atoms with Crippen LogP contribution in [0, 0.1) is 19.8 Å². The summed E-state index contributed by atoms with van der Waals surface area (Å²) in [5.41, 5.74) is 5.73. The van der Waals surface area contributed by atoms with Crippen molar-refractivity contribution in [1.29, 1.82) is 0 Å². The average molecular weight is 366 g/mol. The van der Waals surface area contributed by atoms with Gasteiger partial charge in [0.25, 0.3) is 0 Å². The van der Waals surface area contributed by atoms with Gasteiger partial charge in [-0.3, -0.25) is 9.79 Å². The normalized spacial score (nSPS) is 12.1. The Kier molecular flexibility index (Phi) is 5.44. The molecule has 0 unspecified atom stereocenters. The molecule has 0 radical (unpaired) electrons. The molecule has 0 spiro atoms. The number of carbonyl (C=O) groups is 1. The summed E-state index contributed by atoms with van der Waals surface area (Å²) >= 11 is 0. The van der Waals surface area contributed by atoms with Crippen LogP contribution in [0.1, 0.15) is 41.3 Å². The van der Waals surface area contributed by atoms with Gasteiger partial charge in [0.15, 0.2) is 17.6 Å². The Morgan fingerprint density at radius 1 is 1.26 bits per heavy atom. The molecule has 0 saturated carbocycles. The monoisotopic (exact) mass is 366 g/mol. The van der Waals surface area contributed by atoms with E-state index in [-0.39, 0.29) is 0 Å². The van der Waals surface area contributed by atoms with E-state index in [1.807, 2.05) is 31.2 Å². The highest BCUT2D eigenvalue weighted by molar-refractivity contribution is 5.83. The number of methoxy groups -OCH3 is 1. The third-order valence-electron chi connectivity index (χ3n) is 4.73. The number of nitrogens with zero attached hydrogens (tertiary/aromatic N) is 3. The van der Waals surface area contributed by atoms with Gasteiger partial charge in [-0.15, -0.1) is 0 Å². The highest BCUT2D eigenvalue weighted by Crippen LogP contribution is 2.18. The Bertz CT molecular complexity index is 1030. The number of ether oxygens (including phenoxy) is 1. The van der Waals surface area contributed by atoms with Crippen LogP contribution in [0.2, 0.25) is 0 Å². The van der Waals surface area contributed by atoms with Crippen LogP contribution in [-0.4, -0.2) is 27.9 Å². The molecule has 0 aliphatic rings. The molecule has 0 aliphatic carbocycles. The maximum atomic E-state index is 11.2. The third kappa shape index (κ3) is 3.79. The average Bonchev–Trinajstić information content (AvgIpc) is 3.10. The van der Waals surface area contributed by atoms with Gasteiger partial charge in [0.05, 0.1) is 19.2 Å². The van der Waals surface area contributed by atoms with E-state index in [1.54, 1.807) is 7.11 Å². The van der Waals surface area contributed by atoms with Gasteiger partial charge in [-0.2, -0.15) is 0 Å². The van der Waals surface area contributed by atoms with Crippen molar-refractivity contribution >= 4 is 17.3 Å². The molecule has 0 bridgehead atoms. The highest BCUT2D eigenvalue weighted by atomic mass is 16.5. The Morgan fingerprint density at radius 3 is 2.56 bits per heavy atom. The van der Waals surface area contributed by atoms with Crippen molar-refractivity contribution < 1.29 is 9.53 Å². The number of aromatic nitrogens is 3. The van der Waals surface area contributed by atoms with Crippen LogP contribution in [0.3, 0.4) is 0 Å². The maximum absolute atomic E-state index is 11.2. The van der Waals surface area contributed by atoms with Gasteiger partial charge in [-0.25, -0.2) is 4.98 Å². The number of H-pyrrole nitrogens is 1. The molecule has 3 rings (SSSR count). The lowest BCUT2D eigenvalue weighted by molar-refractivity contribution is 0.111. The van der Waals surface area contributed by atoms with Crippen molar-refractivity contribution in [3.8, 4) is 5.75 Å². The van der Waals surface area contributed by atoms with Crippen molar-refractivity contribution in [2.45, 2.75) is 40.8 Å². The highest BCUT2D eigenvalue weighted by Gasteiger charge is 2.15. The van der Waals surface area contributed by atoms with Crippen LogP contribution in [0.25, 0.3) is 11.0 Å². The van der Waals surface area contributed by atoms with Crippen LogP contribution in [0.4, 0.5) is 0 Å². The lowest BCUT2D eigenvalue weighted by Gasteiger charge is -2.17. The number of aromatic amines is 1. The van der Waals surface area contributed by atoms with Crippen LogP contribution >= 0.6 is 0 Å². The van der Waals surface area contributed by atoms with Gasteiger partial charge >= 0.3 is 0 Å². The van der Waals surface area contributed by atoms with Gasteiger partial charge < -0.3 is 14.3 Å². The Labute approximate surface area is 158 Å². The Hall–Kier alpha value is -2.89. The molecule has 0 fully saturated rings. The fraction of sp³-hybridized carbons (Fsp3) is 0.381. The first-order chi connectivity index (χ1) is 12.9. The SMILES string of the molecule is COc1ccc(CN=c2c3[nH]c(C=O)nc3c(C)c(C)n2CC(C)C)cc1. The lowest BCUT2D eigenvalue weighted by Crippen LogP contribution is -2.27. The van der Waals surface area contributed by atoms with E-state index in [1.165, 1.54) is 0 Å². The van der Waals surface area contributed by atoms with E-state index < -0.39 is 0 Å². The number of aldehydes is 1. The molecular weight excluding hydrogens is 340 g/mol. The first-order valence-corrected chi connectivity index (χ1v) is 9.13. The predicted octanol–water partition coefficient (Wildman–Crippen LogP) is 3.56. The van der Waals surface area contributed by atoms with Gasteiger partial charge in [-0.1, -0.05) is 26.0 Å². The molecule has 2 aromatic heterocycles. The van der Waals surface area contributed by atoms with Crippen molar-refractivity contribution in [3.63, 3.8) is 0 Å². The van der Waals surface area contributed by atoms with E-state index in [0.717, 1.165) is 51.9 Å². The summed E-state index contributed by atoms with van der Waals surface area (Å²) in [5.74, 6) is 1.62. The summed E-state index contributed by atoms with van der Waals surface area (Å²) in [6.07, 6.45) is 0.745. The number of pyridine rings is 1. The summed E-state index contributed by atoms with van der Waals surface area (Å²) in [5, 5.41) is 0. The molecule has 6 nitrogen and oxygen atoms in total. The molecule has 0 atom stereocenters. The van der Waals surface area contributed by atoms with Crippen molar-refractivity contribution in [3.05, 3.63) is 52.4 Å². The zero-order valence-electron chi connectivity index (χ0n) is 16.5. The summed E-state index contributed by atoms with van der Waals surface area (Å²) in [6, 6.07) is 7.89. The number of hydrogen-bond donors (Lipinski definition) is 1. The van der Waals surface area contributed by atoms with Crippen LogP contribution < -0.4 is 10.2 Å². The standard InChI is InChI=1S/C21H26N4O2/c1-13(2)11-25-15(4)14(3)19-20(24-18(12-26)23-19)21(25)22-10-16-6-8-17(27-5)9-7-16/h6-9,12-13H,10-11H2,1-5H3,(H,23,24). The van der Waals surface area contributed by atoms with Crippen LogP contribution in [-0.2, 0) is 13.1 Å². The molecule has 0 aliphatic heterocycles. The topological polar surface area (TPSA) is 72.3 Å². The minimum absolute atomic E-state index is 0.329. The van der Waals surface area contributed by atoms with Crippen molar-refractivity contribution in [2.75, 3.05) is 7.11 Å². The molecule has 1 aromatic carbocycles. The van der Waals surface area contributed by atoms with E-state index in [0.29, 0.717) is 18.3 Å². The smallest absolute Gasteiger partial charge is 0.185 e. The second kappa shape index (κ2) is 7.78. The summed E-state index contributed by atoms with van der Waals surface area (Å²) < 4.78 is 7.44. The zero-order chi connectivity index (χ0) is 19.6. The van der Waals surface area contributed by atoms with Crippen LogP contribution in [0.5, 0.6) is 5.75 Å². The summed E-state index contributed by atoms with van der Waals surface area (Å²) in [7, 11) is 1.66. The van der Waals surface area contributed by atoms with Crippen molar-refractivity contribution in [2.24, 2.45) is 10.9 Å². The zero-order valence-corrected chi connectivity index (χ0v) is 16.5. The number of imidazole rings is 1.